The second-order valence-corrected chi connectivity index (χ2v) is 7.64. The minimum atomic E-state index is -0.623. The van der Waals surface area contributed by atoms with Gasteiger partial charge in [0.15, 0.2) is 5.16 Å². The number of rotatable bonds is 5. The van der Waals surface area contributed by atoms with E-state index < -0.39 is 6.04 Å². The highest BCUT2D eigenvalue weighted by Gasteiger charge is 2.20. The number of H-pyrrole nitrogens is 1. The summed E-state index contributed by atoms with van der Waals surface area (Å²) in [5.74, 6) is 0. The Morgan fingerprint density at radius 1 is 1.21 bits per heavy atom. The highest BCUT2D eigenvalue weighted by atomic mass is 32.2. The van der Waals surface area contributed by atoms with Crippen LogP contribution < -0.4 is 5.56 Å². The molecule has 0 bridgehead atoms. The first-order chi connectivity index (χ1) is 11.3. The van der Waals surface area contributed by atoms with Crippen LogP contribution in [0.5, 0.6) is 0 Å². The van der Waals surface area contributed by atoms with Crippen LogP contribution in [0.2, 0.25) is 0 Å². The van der Waals surface area contributed by atoms with Gasteiger partial charge in [0.2, 0.25) is 0 Å². The maximum Gasteiger partial charge on any atom is 0.254 e. The molecule has 1 N–H and O–H groups in total. The van der Waals surface area contributed by atoms with Crippen molar-refractivity contribution in [3.8, 4) is 0 Å². The zero-order valence-corrected chi connectivity index (χ0v) is 15.3. The molecule has 126 valence electrons. The van der Waals surface area contributed by atoms with Gasteiger partial charge in [0.25, 0.3) is 5.56 Å². The van der Waals surface area contributed by atoms with Crippen LogP contribution in [0.3, 0.4) is 0 Å². The van der Waals surface area contributed by atoms with Gasteiger partial charge in [-0.15, -0.1) is 0 Å². The molecule has 2 aromatic rings. The molecule has 0 saturated carbocycles. The van der Waals surface area contributed by atoms with Gasteiger partial charge in [-0.05, 0) is 31.9 Å². The highest BCUT2D eigenvalue weighted by Crippen LogP contribution is 2.29. The standard InChI is InChI=1S/C17H21N5OS/c1-9(2)24-17-19-14(12(5)16(23)20-17)15(21-22-18)13-7-10(3)6-11(4)8-13/h6-9,15H,1-5H3,(H,19,20,23). The van der Waals surface area contributed by atoms with Crippen molar-refractivity contribution in [3.05, 3.63) is 66.9 Å². The van der Waals surface area contributed by atoms with Crippen LogP contribution >= 0.6 is 11.8 Å². The molecule has 24 heavy (non-hydrogen) atoms. The van der Waals surface area contributed by atoms with Crippen molar-refractivity contribution in [2.45, 2.75) is 51.1 Å². The zero-order chi connectivity index (χ0) is 17.9. The van der Waals surface area contributed by atoms with Gasteiger partial charge in [-0.3, -0.25) is 4.79 Å². The van der Waals surface area contributed by atoms with Crippen LogP contribution in [0.25, 0.3) is 10.4 Å². The van der Waals surface area contributed by atoms with Gasteiger partial charge in [-0.2, -0.15) is 0 Å². The number of aromatic amines is 1. The Hall–Kier alpha value is -2.24. The average molecular weight is 343 g/mol. The third-order valence-corrected chi connectivity index (χ3v) is 4.39. The Morgan fingerprint density at radius 3 is 2.38 bits per heavy atom. The van der Waals surface area contributed by atoms with E-state index in [0.717, 1.165) is 16.7 Å². The molecular formula is C17H21N5OS. The van der Waals surface area contributed by atoms with E-state index in [1.807, 2.05) is 39.8 Å². The molecule has 2 rings (SSSR count). The minimum absolute atomic E-state index is 0.203. The normalized spacial score (nSPS) is 12.1. The summed E-state index contributed by atoms with van der Waals surface area (Å²) < 4.78 is 0. The second kappa shape index (κ2) is 7.55. The Kier molecular flexibility index (Phi) is 5.70. The zero-order valence-electron chi connectivity index (χ0n) is 14.5. The van der Waals surface area contributed by atoms with Crippen LogP contribution in [0.4, 0.5) is 0 Å². The molecule has 1 aromatic carbocycles. The van der Waals surface area contributed by atoms with Crippen LogP contribution in [-0.4, -0.2) is 15.2 Å². The molecule has 1 heterocycles. The molecule has 0 amide bonds. The van der Waals surface area contributed by atoms with Crippen LogP contribution in [0.1, 0.15) is 47.8 Å². The van der Waals surface area contributed by atoms with E-state index in [1.54, 1.807) is 6.92 Å². The minimum Gasteiger partial charge on any atom is -0.301 e. The molecule has 0 radical (unpaired) electrons. The van der Waals surface area contributed by atoms with Crippen molar-refractivity contribution >= 4 is 11.8 Å². The molecule has 0 saturated heterocycles. The maximum absolute atomic E-state index is 12.3. The van der Waals surface area contributed by atoms with E-state index in [0.29, 0.717) is 16.4 Å². The van der Waals surface area contributed by atoms with E-state index in [1.165, 1.54) is 11.8 Å². The lowest BCUT2D eigenvalue weighted by Gasteiger charge is -2.16. The van der Waals surface area contributed by atoms with Crippen molar-refractivity contribution in [2.24, 2.45) is 5.11 Å². The SMILES string of the molecule is Cc1cc(C)cc(C(N=[N+]=[N-])c2nc(SC(C)C)[nH]c(=O)c2C)c1. The Labute approximate surface area is 145 Å². The number of azide groups is 1. The third kappa shape index (κ3) is 4.19. The lowest BCUT2D eigenvalue weighted by molar-refractivity contribution is 0.753. The molecule has 0 fully saturated rings. The highest BCUT2D eigenvalue weighted by molar-refractivity contribution is 7.99. The Morgan fingerprint density at radius 2 is 1.83 bits per heavy atom. The summed E-state index contributed by atoms with van der Waals surface area (Å²) in [6.45, 7) is 9.73. The fraction of sp³-hybridized carbons (Fsp3) is 0.412. The summed E-state index contributed by atoms with van der Waals surface area (Å²) in [5.41, 5.74) is 12.8. The lowest BCUT2D eigenvalue weighted by atomic mass is 9.98. The monoisotopic (exact) mass is 343 g/mol. The van der Waals surface area contributed by atoms with Crippen molar-refractivity contribution in [3.63, 3.8) is 0 Å². The van der Waals surface area contributed by atoms with E-state index in [4.69, 9.17) is 5.53 Å². The van der Waals surface area contributed by atoms with Crippen molar-refractivity contribution in [1.82, 2.24) is 9.97 Å². The van der Waals surface area contributed by atoms with E-state index in [9.17, 15) is 4.79 Å². The van der Waals surface area contributed by atoms with Crippen LogP contribution in [-0.2, 0) is 0 Å². The topological polar surface area (TPSA) is 94.5 Å². The molecule has 1 unspecified atom stereocenters. The number of aryl methyl sites for hydroxylation is 2. The number of nitrogens with one attached hydrogen (secondary N) is 1. The molecule has 0 spiro atoms. The predicted octanol–water partition coefficient (Wildman–Crippen LogP) is 4.60. The summed E-state index contributed by atoms with van der Waals surface area (Å²) in [4.78, 5) is 22.6. The van der Waals surface area contributed by atoms with Crippen molar-refractivity contribution < 1.29 is 0 Å². The average Bonchev–Trinajstić information content (AvgIpc) is 2.47. The number of hydrogen-bond acceptors (Lipinski definition) is 4. The molecule has 0 aliphatic heterocycles. The van der Waals surface area contributed by atoms with Gasteiger partial charge in [0.1, 0.15) is 6.04 Å². The Bertz CT molecular complexity index is 832. The van der Waals surface area contributed by atoms with Gasteiger partial charge in [0, 0.05) is 15.7 Å². The van der Waals surface area contributed by atoms with Crippen molar-refractivity contribution in [1.29, 1.82) is 0 Å². The summed E-state index contributed by atoms with van der Waals surface area (Å²) in [6.07, 6.45) is 0. The first-order valence-electron chi connectivity index (χ1n) is 7.71. The van der Waals surface area contributed by atoms with Crippen LogP contribution in [0.15, 0.2) is 33.3 Å². The lowest BCUT2D eigenvalue weighted by Crippen LogP contribution is -2.18. The maximum atomic E-state index is 12.3. The number of aromatic nitrogens is 2. The van der Waals surface area contributed by atoms with Crippen LogP contribution in [0, 0.1) is 20.8 Å². The molecule has 1 atom stereocenters. The summed E-state index contributed by atoms with van der Waals surface area (Å²) in [5, 5.41) is 4.75. The van der Waals surface area contributed by atoms with Gasteiger partial charge in [-0.1, -0.05) is 60.0 Å². The van der Waals surface area contributed by atoms with Gasteiger partial charge >= 0.3 is 0 Å². The van der Waals surface area contributed by atoms with E-state index in [2.05, 4.69) is 26.1 Å². The smallest absolute Gasteiger partial charge is 0.254 e. The fourth-order valence-electron chi connectivity index (χ4n) is 2.57. The summed E-state index contributed by atoms with van der Waals surface area (Å²) in [7, 11) is 0. The summed E-state index contributed by atoms with van der Waals surface area (Å²) >= 11 is 1.47. The number of hydrogen-bond donors (Lipinski definition) is 1. The molecular weight excluding hydrogens is 322 g/mol. The molecule has 0 aliphatic carbocycles. The van der Waals surface area contributed by atoms with Gasteiger partial charge in [-0.25, -0.2) is 4.98 Å². The molecule has 1 aromatic heterocycles. The number of benzene rings is 1. The Balaban J connectivity index is 2.65. The molecule has 0 aliphatic rings. The predicted molar refractivity (Wildman–Crippen MR) is 97.5 cm³/mol. The molecule has 7 heteroatoms. The van der Waals surface area contributed by atoms with E-state index in [-0.39, 0.29) is 10.8 Å². The van der Waals surface area contributed by atoms with E-state index >= 15 is 0 Å². The van der Waals surface area contributed by atoms with Crippen molar-refractivity contribution in [2.75, 3.05) is 0 Å². The second-order valence-electron chi connectivity index (χ2n) is 6.08. The summed E-state index contributed by atoms with van der Waals surface area (Å²) in [6, 6.07) is 5.35. The number of thioether (sulfide) groups is 1. The van der Waals surface area contributed by atoms with Gasteiger partial charge < -0.3 is 4.98 Å². The quantitative estimate of drug-likeness (QED) is 0.283. The number of nitrogens with zero attached hydrogens (tertiary/aromatic N) is 4. The first kappa shape index (κ1) is 18.1. The first-order valence-corrected chi connectivity index (χ1v) is 8.59. The largest absolute Gasteiger partial charge is 0.301 e. The fourth-order valence-corrected chi connectivity index (χ4v) is 3.32. The molecule has 6 nitrogen and oxygen atoms in total. The third-order valence-electron chi connectivity index (χ3n) is 3.50. The van der Waals surface area contributed by atoms with Gasteiger partial charge in [0.05, 0.1) is 5.69 Å².